The van der Waals surface area contributed by atoms with E-state index in [4.69, 9.17) is 18.0 Å². The van der Waals surface area contributed by atoms with Crippen molar-refractivity contribution < 1.29 is 0 Å². The van der Waals surface area contributed by atoms with Gasteiger partial charge < -0.3 is 11.1 Å². The average Bonchev–Trinajstić information content (AvgIpc) is 2.32. The van der Waals surface area contributed by atoms with Crippen LogP contribution in [0.25, 0.3) is 0 Å². The number of nitrogens with one attached hydrogen (secondary N) is 1. The van der Waals surface area contributed by atoms with E-state index in [0.29, 0.717) is 22.1 Å². The summed E-state index contributed by atoms with van der Waals surface area (Å²) in [6.07, 6.45) is 6.78. The van der Waals surface area contributed by atoms with Gasteiger partial charge in [-0.15, -0.1) is 0 Å². The van der Waals surface area contributed by atoms with E-state index >= 15 is 0 Å². The Hall–Kier alpha value is -1.16. The topological polar surface area (TPSA) is 50.9 Å². The van der Waals surface area contributed by atoms with Gasteiger partial charge in [0.05, 0.1) is 5.69 Å². The molecule has 3 nitrogen and oxygen atoms in total. The zero-order chi connectivity index (χ0) is 13.2. The van der Waals surface area contributed by atoms with E-state index in [1.54, 1.807) is 6.20 Å². The van der Waals surface area contributed by atoms with Gasteiger partial charge in [-0.1, -0.05) is 38.9 Å². The first kappa shape index (κ1) is 13.3. The van der Waals surface area contributed by atoms with Gasteiger partial charge in [-0.25, -0.2) is 0 Å². The molecule has 0 bridgehead atoms. The van der Waals surface area contributed by atoms with Gasteiger partial charge in [0.2, 0.25) is 0 Å². The summed E-state index contributed by atoms with van der Waals surface area (Å²) in [5, 5.41) is 3.59. The van der Waals surface area contributed by atoms with E-state index in [1.807, 2.05) is 12.1 Å². The third-order valence-electron chi connectivity index (χ3n) is 3.88. The fourth-order valence-electron chi connectivity index (χ4n) is 2.67. The Bertz CT molecular complexity index is 442. The number of nitrogens with zero attached hydrogens (tertiary/aromatic N) is 1. The number of hydrogen-bond donors (Lipinski definition) is 2. The fraction of sp³-hybridized carbons (Fsp3) is 0.571. The highest BCUT2D eigenvalue weighted by Gasteiger charge is 2.32. The molecule has 0 aliphatic heterocycles. The highest BCUT2D eigenvalue weighted by atomic mass is 32.1. The van der Waals surface area contributed by atoms with Gasteiger partial charge in [-0.3, -0.25) is 4.98 Å². The van der Waals surface area contributed by atoms with E-state index in [2.05, 4.69) is 24.1 Å². The second-order valence-corrected chi connectivity index (χ2v) is 6.13. The number of hydrogen-bond acceptors (Lipinski definition) is 3. The first-order chi connectivity index (χ1) is 8.50. The van der Waals surface area contributed by atoms with Crippen molar-refractivity contribution in [2.45, 2.75) is 45.6 Å². The molecular weight excluding hydrogens is 242 g/mol. The lowest BCUT2D eigenvalue weighted by Crippen LogP contribution is -2.39. The van der Waals surface area contributed by atoms with Gasteiger partial charge in [0.1, 0.15) is 10.7 Å². The Balaban J connectivity index is 2.21. The van der Waals surface area contributed by atoms with E-state index in [0.717, 1.165) is 5.69 Å². The molecule has 1 fully saturated rings. The van der Waals surface area contributed by atoms with Gasteiger partial charge in [-0.2, -0.15) is 0 Å². The lowest BCUT2D eigenvalue weighted by atomic mass is 9.73. The summed E-state index contributed by atoms with van der Waals surface area (Å²) in [5.41, 5.74) is 7.69. The summed E-state index contributed by atoms with van der Waals surface area (Å²) in [6, 6.07) is 4.38. The third kappa shape index (κ3) is 2.80. The van der Waals surface area contributed by atoms with E-state index in [9.17, 15) is 0 Å². The number of aromatic nitrogens is 1. The molecule has 98 valence electrons. The van der Waals surface area contributed by atoms with Crippen LogP contribution in [0.3, 0.4) is 0 Å². The molecule has 0 saturated heterocycles. The largest absolute Gasteiger partial charge is 0.388 e. The van der Waals surface area contributed by atoms with Crippen LogP contribution < -0.4 is 11.1 Å². The van der Waals surface area contributed by atoms with Crippen molar-refractivity contribution in [3.05, 3.63) is 24.0 Å². The number of rotatable bonds is 3. The molecule has 0 aromatic carbocycles. The SMILES string of the molecule is CC1(C)CCCCC1Nc1cccnc1C(N)=S. The Morgan fingerprint density at radius 1 is 1.50 bits per heavy atom. The normalized spacial score (nSPS) is 22.4. The first-order valence-electron chi connectivity index (χ1n) is 6.52. The minimum Gasteiger partial charge on any atom is -0.388 e. The summed E-state index contributed by atoms with van der Waals surface area (Å²) >= 11 is 5.05. The van der Waals surface area contributed by atoms with Crippen LogP contribution in [-0.2, 0) is 0 Å². The Labute approximate surface area is 114 Å². The van der Waals surface area contributed by atoms with Crippen molar-refractivity contribution in [2.75, 3.05) is 5.32 Å². The molecule has 1 unspecified atom stereocenters. The van der Waals surface area contributed by atoms with E-state index < -0.39 is 0 Å². The van der Waals surface area contributed by atoms with Gasteiger partial charge in [0, 0.05) is 12.2 Å². The van der Waals surface area contributed by atoms with Crippen molar-refractivity contribution in [1.82, 2.24) is 4.98 Å². The maximum absolute atomic E-state index is 5.72. The predicted molar refractivity (Wildman–Crippen MR) is 79.8 cm³/mol. The van der Waals surface area contributed by atoms with E-state index in [-0.39, 0.29) is 0 Å². The minimum atomic E-state index is 0.307. The summed E-state index contributed by atoms with van der Waals surface area (Å²) in [6.45, 7) is 4.64. The molecule has 1 heterocycles. The highest BCUT2D eigenvalue weighted by molar-refractivity contribution is 7.80. The van der Waals surface area contributed by atoms with Crippen LogP contribution >= 0.6 is 12.2 Å². The second kappa shape index (κ2) is 5.22. The van der Waals surface area contributed by atoms with Crippen LogP contribution in [0.15, 0.2) is 18.3 Å². The van der Waals surface area contributed by atoms with Crippen LogP contribution in [0.5, 0.6) is 0 Å². The van der Waals surface area contributed by atoms with Crippen LogP contribution in [-0.4, -0.2) is 16.0 Å². The average molecular weight is 263 g/mol. The third-order valence-corrected chi connectivity index (χ3v) is 4.07. The van der Waals surface area contributed by atoms with Gasteiger partial charge in [0.25, 0.3) is 0 Å². The van der Waals surface area contributed by atoms with Crippen molar-refractivity contribution in [2.24, 2.45) is 11.1 Å². The quantitative estimate of drug-likeness (QED) is 0.823. The molecule has 18 heavy (non-hydrogen) atoms. The Morgan fingerprint density at radius 2 is 2.28 bits per heavy atom. The maximum atomic E-state index is 5.72. The van der Waals surface area contributed by atoms with E-state index in [1.165, 1.54) is 25.7 Å². The van der Waals surface area contributed by atoms with Crippen LogP contribution in [0, 0.1) is 5.41 Å². The molecule has 0 radical (unpaired) electrons. The molecule has 1 aliphatic rings. The van der Waals surface area contributed by atoms with Gasteiger partial charge >= 0.3 is 0 Å². The molecule has 0 spiro atoms. The first-order valence-corrected chi connectivity index (χ1v) is 6.93. The van der Waals surface area contributed by atoms with Crippen molar-refractivity contribution in [1.29, 1.82) is 0 Å². The summed E-state index contributed by atoms with van der Waals surface area (Å²) in [4.78, 5) is 4.62. The van der Waals surface area contributed by atoms with Crippen LogP contribution in [0.1, 0.15) is 45.2 Å². The minimum absolute atomic E-state index is 0.307. The molecule has 1 aliphatic carbocycles. The van der Waals surface area contributed by atoms with Gasteiger partial charge in [0.15, 0.2) is 0 Å². The molecule has 2 rings (SSSR count). The summed E-state index contributed by atoms with van der Waals surface area (Å²) in [7, 11) is 0. The molecule has 1 saturated carbocycles. The number of nitrogens with two attached hydrogens (primary N) is 1. The van der Waals surface area contributed by atoms with Crippen LogP contribution in [0.2, 0.25) is 0 Å². The Morgan fingerprint density at radius 3 is 2.94 bits per heavy atom. The van der Waals surface area contributed by atoms with Crippen molar-refractivity contribution >= 4 is 22.9 Å². The fourth-order valence-corrected chi connectivity index (χ4v) is 2.83. The predicted octanol–water partition coefficient (Wildman–Crippen LogP) is 3.10. The smallest absolute Gasteiger partial charge is 0.124 e. The zero-order valence-electron chi connectivity index (χ0n) is 11.1. The zero-order valence-corrected chi connectivity index (χ0v) is 11.9. The lowest BCUT2D eigenvalue weighted by molar-refractivity contribution is 0.217. The molecule has 3 N–H and O–H groups in total. The van der Waals surface area contributed by atoms with Crippen LogP contribution in [0.4, 0.5) is 5.69 Å². The maximum Gasteiger partial charge on any atom is 0.124 e. The molecule has 1 aromatic rings. The monoisotopic (exact) mass is 263 g/mol. The van der Waals surface area contributed by atoms with Crippen molar-refractivity contribution in [3.63, 3.8) is 0 Å². The number of pyridine rings is 1. The molecule has 4 heteroatoms. The number of thiocarbonyl (C=S) groups is 1. The second-order valence-electron chi connectivity index (χ2n) is 5.70. The number of anilines is 1. The van der Waals surface area contributed by atoms with Gasteiger partial charge in [-0.05, 0) is 30.4 Å². The van der Waals surface area contributed by atoms with Crippen molar-refractivity contribution in [3.8, 4) is 0 Å². The lowest BCUT2D eigenvalue weighted by Gasteiger charge is -2.39. The molecular formula is C14H21N3S. The molecule has 1 atom stereocenters. The standard InChI is InChI=1S/C14H21N3S/c1-14(2)8-4-3-7-11(14)17-10-6-5-9-16-12(10)13(15)18/h5-6,9,11,17H,3-4,7-8H2,1-2H3,(H2,15,18). The molecule has 1 aromatic heterocycles. The summed E-state index contributed by atoms with van der Waals surface area (Å²) in [5.74, 6) is 0. The Kier molecular flexibility index (Phi) is 3.85. The summed E-state index contributed by atoms with van der Waals surface area (Å²) < 4.78 is 0. The molecule has 0 amide bonds. The highest BCUT2D eigenvalue weighted by Crippen LogP contribution is 2.37.